The van der Waals surface area contributed by atoms with Gasteiger partial charge < -0.3 is 16.0 Å². The number of rotatable bonds is 6. The number of nitrogens with zero attached hydrogens (tertiary/aromatic N) is 3. The van der Waals surface area contributed by atoms with Gasteiger partial charge in [0.2, 0.25) is 0 Å². The van der Waals surface area contributed by atoms with E-state index in [0.717, 1.165) is 24.5 Å². The Balaban J connectivity index is 2.08. The van der Waals surface area contributed by atoms with Gasteiger partial charge in [-0.25, -0.2) is 9.97 Å². The summed E-state index contributed by atoms with van der Waals surface area (Å²) in [5.74, 6) is 1.43. The van der Waals surface area contributed by atoms with Crippen LogP contribution in [0.5, 0.6) is 0 Å². The third-order valence-electron chi connectivity index (χ3n) is 4.49. The first-order chi connectivity index (χ1) is 12.2. The van der Waals surface area contributed by atoms with Crippen molar-refractivity contribution in [2.45, 2.75) is 33.2 Å². The second-order valence-corrected chi connectivity index (χ2v) is 6.16. The maximum atomic E-state index is 6.42. The van der Waals surface area contributed by atoms with E-state index in [1.54, 1.807) is 6.33 Å². The lowest BCUT2D eigenvalue weighted by Gasteiger charge is -2.26. The molecule has 5 nitrogen and oxygen atoms in total. The van der Waals surface area contributed by atoms with Crippen LogP contribution in [-0.2, 0) is 0 Å². The molecule has 0 bridgehead atoms. The summed E-state index contributed by atoms with van der Waals surface area (Å²) in [4.78, 5) is 10.9. The Hall–Kier alpha value is -2.82. The van der Waals surface area contributed by atoms with Crippen LogP contribution in [0.3, 0.4) is 0 Å². The van der Waals surface area contributed by atoms with Crippen molar-refractivity contribution < 1.29 is 0 Å². The molecule has 25 heavy (non-hydrogen) atoms. The average Bonchev–Trinajstić information content (AvgIpc) is 2.65. The molecule has 0 aliphatic rings. The highest BCUT2D eigenvalue weighted by atomic mass is 15.2. The molecule has 1 unspecified atom stereocenters. The molecule has 0 fully saturated rings. The summed E-state index contributed by atoms with van der Waals surface area (Å²) in [5, 5.41) is 5.74. The highest BCUT2D eigenvalue weighted by Crippen LogP contribution is 2.35. The van der Waals surface area contributed by atoms with Gasteiger partial charge >= 0.3 is 0 Å². The normalized spacial score (nSPS) is 12.1. The Kier molecular flexibility index (Phi) is 5.03. The Morgan fingerprint density at radius 2 is 1.84 bits per heavy atom. The number of nitrogen functional groups attached to an aromatic ring is 1. The number of fused-ring (bicyclic) bond motifs is 1. The van der Waals surface area contributed by atoms with Gasteiger partial charge in [0.1, 0.15) is 12.0 Å². The summed E-state index contributed by atoms with van der Waals surface area (Å²) in [6.07, 6.45) is 2.57. The van der Waals surface area contributed by atoms with Crippen LogP contribution in [-0.4, -0.2) is 22.6 Å². The molecule has 0 saturated carbocycles. The van der Waals surface area contributed by atoms with Gasteiger partial charge in [-0.2, -0.15) is 0 Å². The molecule has 1 heterocycles. The lowest BCUT2D eigenvalue weighted by atomic mass is 10.1. The fourth-order valence-corrected chi connectivity index (χ4v) is 2.93. The van der Waals surface area contributed by atoms with Gasteiger partial charge in [-0.3, -0.25) is 0 Å². The van der Waals surface area contributed by atoms with Gasteiger partial charge in [-0.15, -0.1) is 0 Å². The molecule has 0 amide bonds. The van der Waals surface area contributed by atoms with E-state index < -0.39 is 0 Å². The lowest BCUT2D eigenvalue weighted by molar-refractivity contribution is 0.758. The molecule has 0 aliphatic carbocycles. The Bertz CT molecular complexity index is 856. The van der Waals surface area contributed by atoms with Crippen molar-refractivity contribution in [3.8, 4) is 0 Å². The topological polar surface area (TPSA) is 67.1 Å². The van der Waals surface area contributed by atoms with Gasteiger partial charge in [-0.05, 0) is 31.7 Å². The van der Waals surface area contributed by atoms with E-state index >= 15 is 0 Å². The second kappa shape index (κ2) is 7.38. The monoisotopic (exact) mass is 335 g/mol. The van der Waals surface area contributed by atoms with Gasteiger partial charge in [-0.1, -0.05) is 43.3 Å². The molecule has 1 aromatic heterocycles. The molecular formula is C20H25N5. The summed E-state index contributed by atoms with van der Waals surface area (Å²) >= 11 is 0. The molecule has 3 rings (SSSR count). The van der Waals surface area contributed by atoms with Crippen molar-refractivity contribution in [2.75, 3.05) is 22.5 Å². The number of hydrogen-bond acceptors (Lipinski definition) is 5. The highest BCUT2D eigenvalue weighted by Gasteiger charge is 2.18. The number of hydrogen-bond donors (Lipinski definition) is 2. The van der Waals surface area contributed by atoms with Crippen LogP contribution in [0.2, 0.25) is 0 Å². The van der Waals surface area contributed by atoms with Crippen LogP contribution in [0.25, 0.3) is 10.8 Å². The third kappa shape index (κ3) is 3.36. The van der Waals surface area contributed by atoms with Crippen molar-refractivity contribution in [3.63, 3.8) is 0 Å². The summed E-state index contributed by atoms with van der Waals surface area (Å²) in [6, 6.07) is 14.9. The van der Waals surface area contributed by atoms with E-state index in [1.807, 2.05) is 0 Å². The molecular weight excluding hydrogens is 310 g/mol. The number of nitrogens with one attached hydrogen (secondary N) is 1. The van der Waals surface area contributed by atoms with Crippen molar-refractivity contribution in [3.05, 3.63) is 48.8 Å². The van der Waals surface area contributed by atoms with Crippen LogP contribution < -0.4 is 16.0 Å². The first kappa shape index (κ1) is 17.0. The van der Waals surface area contributed by atoms with E-state index in [1.165, 1.54) is 10.8 Å². The van der Waals surface area contributed by atoms with E-state index in [0.29, 0.717) is 17.5 Å². The van der Waals surface area contributed by atoms with Crippen molar-refractivity contribution >= 4 is 33.8 Å². The van der Waals surface area contributed by atoms with Crippen LogP contribution in [0, 0.1) is 0 Å². The standard InChI is InChI=1S/C20H25N5/c1-4-14(3)24-19-18(21)20(23-13-22-19)25(5-2)17-12-8-10-15-9-6-7-11-16(15)17/h6-14H,4-5,21H2,1-3H3,(H,22,23,24). The molecule has 0 saturated heterocycles. The number of nitrogens with two attached hydrogens (primary N) is 1. The number of benzene rings is 2. The van der Waals surface area contributed by atoms with Gasteiger partial charge in [0, 0.05) is 18.0 Å². The number of aromatic nitrogens is 2. The molecule has 0 radical (unpaired) electrons. The zero-order valence-corrected chi connectivity index (χ0v) is 15.0. The zero-order chi connectivity index (χ0) is 17.8. The van der Waals surface area contributed by atoms with Gasteiger partial charge in [0.15, 0.2) is 11.6 Å². The first-order valence-corrected chi connectivity index (χ1v) is 8.78. The predicted octanol–water partition coefficient (Wildman–Crippen LogP) is 4.58. The minimum Gasteiger partial charge on any atom is -0.393 e. The SMILES string of the molecule is CCC(C)Nc1ncnc(N(CC)c2cccc3ccccc23)c1N. The van der Waals surface area contributed by atoms with Crippen LogP contribution in [0.4, 0.5) is 23.0 Å². The van der Waals surface area contributed by atoms with Crippen LogP contribution in [0.1, 0.15) is 27.2 Å². The van der Waals surface area contributed by atoms with Crippen LogP contribution >= 0.6 is 0 Å². The summed E-state index contributed by atoms with van der Waals surface area (Å²) in [5.41, 5.74) is 8.09. The van der Waals surface area contributed by atoms with Gasteiger partial charge in [0.25, 0.3) is 0 Å². The molecule has 3 aromatic rings. The Labute approximate surface area is 148 Å². The smallest absolute Gasteiger partial charge is 0.161 e. The highest BCUT2D eigenvalue weighted by molar-refractivity contribution is 5.97. The molecule has 5 heteroatoms. The number of anilines is 4. The second-order valence-electron chi connectivity index (χ2n) is 6.16. The summed E-state index contributed by atoms with van der Waals surface area (Å²) in [7, 11) is 0. The van der Waals surface area contributed by atoms with E-state index in [-0.39, 0.29) is 0 Å². The minimum absolute atomic E-state index is 0.303. The maximum Gasteiger partial charge on any atom is 0.161 e. The Morgan fingerprint density at radius 1 is 1.08 bits per heavy atom. The average molecular weight is 335 g/mol. The van der Waals surface area contributed by atoms with Crippen molar-refractivity contribution in [2.24, 2.45) is 0 Å². The zero-order valence-electron chi connectivity index (χ0n) is 15.0. The predicted molar refractivity (Wildman–Crippen MR) is 106 cm³/mol. The molecule has 0 spiro atoms. The molecule has 3 N–H and O–H groups in total. The molecule has 2 aromatic carbocycles. The summed E-state index contributed by atoms with van der Waals surface area (Å²) < 4.78 is 0. The maximum absolute atomic E-state index is 6.42. The minimum atomic E-state index is 0.303. The molecule has 1 atom stereocenters. The Morgan fingerprint density at radius 3 is 2.60 bits per heavy atom. The van der Waals surface area contributed by atoms with Gasteiger partial charge in [0.05, 0.1) is 5.69 Å². The largest absolute Gasteiger partial charge is 0.393 e. The van der Waals surface area contributed by atoms with E-state index in [4.69, 9.17) is 5.73 Å². The molecule has 0 aliphatic heterocycles. The van der Waals surface area contributed by atoms with E-state index in [9.17, 15) is 0 Å². The lowest BCUT2D eigenvalue weighted by Crippen LogP contribution is -2.22. The van der Waals surface area contributed by atoms with E-state index in [2.05, 4.69) is 83.4 Å². The first-order valence-electron chi connectivity index (χ1n) is 8.78. The molecule has 130 valence electrons. The third-order valence-corrected chi connectivity index (χ3v) is 4.49. The fraction of sp³-hybridized carbons (Fsp3) is 0.300. The van der Waals surface area contributed by atoms with Crippen LogP contribution in [0.15, 0.2) is 48.8 Å². The van der Waals surface area contributed by atoms with Crippen molar-refractivity contribution in [1.82, 2.24) is 9.97 Å². The quantitative estimate of drug-likeness (QED) is 0.690. The fourth-order valence-electron chi connectivity index (χ4n) is 2.93. The van der Waals surface area contributed by atoms with Crippen molar-refractivity contribution in [1.29, 1.82) is 0 Å². The summed E-state index contributed by atoms with van der Waals surface area (Å²) in [6.45, 7) is 7.11.